The van der Waals surface area contributed by atoms with Gasteiger partial charge in [-0.15, -0.1) is 0 Å². The van der Waals surface area contributed by atoms with Crippen LogP contribution in [0.4, 0.5) is 4.39 Å². The normalized spacial score (nSPS) is 11.8. The molecule has 0 saturated heterocycles. The highest BCUT2D eigenvalue weighted by atomic mass is 19.1. The SMILES string of the molecule is CCC(CC)(C(=O)O)n1ccc(/C=C/c2ccc(F)cc2)cc1=O. The van der Waals surface area contributed by atoms with Crippen LogP contribution in [-0.4, -0.2) is 15.6 Å². The molecule has 0 unspecified atom stereocenters. The zero-order valence-corrected chi connectivity index (χ0v) is 13.7. The van der Waals surface area contributed by atoms with Crippen molar-refractivity contribution < 1.29 is 14.3 Å². The predicted molar refractivity (Wildman–Crippen MR) is 92.2 cm³/mol. The number of aromatic nitrogens is 1. The summed E-state index contributed by atoms with van der Waals surface area (Å²) in [6.07, 6.45) is 5.67. The first kappa shape index (κ1) is 17.7. The lowest BCUT2D eigenvalue weighted by Gasteiger charge is -2.29. The molecule has 1 aromatic heterocycles. The third-order valence-electron chi connectivity index (χ3n) is 4.31. The Balaban J connectivity index is 2.34. The topological polar surface area (TPSA) is 59.3 Å². The maximum absolute atomic E-state index is 12.9. The largest absolute Gasteiger partial charge is 0.479 e. The minimum Gasteiger partial charge on any atom is -0.479 e. The number of carboxylic acid groups (broad SMARTS) is 1. The summed E-state index contributed by atoms with van der Waals surface area (Å²) in [5.41, 5.74) is -0.118. The van der Waals surface area contributed by atoms with E-state index in [0.717, 1.165) is 5.56 Å². The molecule has 0 spiro atoms. The van der Waals surface area contributed by atoms with E-state index < -0.39 is 11.5 Å². The van der Waals surface area contributed by atoms with E-state index in [-0.39, 0.29) is 11.4 Å². The first-order valence-corrected chi connectivity index (χ1v) is 7.83. The molecule has 1 N–H and O–H groups in total. The molecule has 0 aliphatic heterocycles. The van der Waals surface area contributed by atoms with Crippen molar-refractivity contribution in [1.29, 1.82) is 0 Å². The lowest BCUT2D eigenvalue weighted by Crippen LogP contribution is -2.46. The van der Waals surface area contributed by atoms with Gasteiger partial charge in [-0.1, -0.05) is 38.1 Å². The molecule has 0 atom stereocenters. The standard InChI is InChI=1S/C19H20FNO3/c1-3-19(4-2,18(23)24)21-12-11-15(13-17(21)22)6-5-14-7-9-16(20)10-8-14/h5-13H,3-4H2,1-2H3,(H,23,24)/b6-5+. The Hall–Kier alpha value is -2.69. The quantitative estimate of drug-likeness (QED) is 0.878. The number of nitrogens with zero attached hydrogens (tertiary/aromatic N) is 1. The molecule has 0 bridgehead atoms. The highest BCUT2D eigenvalue weighted by Gasteiger charge is 2.37. The molecule has 24 heavy (non-hydrogen) atoms. The number of benzene rings is 1. The van der Waals surface area contributed by atoms with E-state index in [1.165, 1.54) is 29.0 Å². The summed E-state index contributed by atoms with van der Waals surface area (Å²) >= 11 is 0. The number of halogens is 1. The summed E-state index contributed by atoms with van der Waals surface area (Å²) in [6.45, 7) is 3.51. The highest BCUT2D eigenvalue weighted by molar-refractivity contribution is 5.76. The van der Waals surface area contributed by atoms with Gasteiger partial charge in [0.2, 0.25) is 0 Å². The van der Waals surface area contributed by atoms with E-state index >= 15 is 0 Å². The number of rotatable bonds is 6. The van der Waals surface area contributed by atoms with E-state index in [0.29, 0.717) is 18.4 Å². The van der Waals surface area contributed by atoms with Gasteiger partial charge in [0.25, 0.3) is 5.56 Å². The maximum atomic E-state index is 12.9. The molecule has 0 amide bonds. The summed E-state index contributed by atoms with van der Waals surface area (Å²) in [5, 5.41) is 9.54. The number of aliphatic carboxylic acids is 1. The van der Waals surface area contributed by atoms with Gasteiger partial charge in [0, 0.05) is 12.3 Å². The van der Waals surface area contributed by atoms with Crippen LogP contribution in [0.5, 0.6) is 0 Å². The van der Waals surface area contributed by atoms with Crippen molar-refractivity contribution >= 4 is 18.1 Å². The lowest BCUT2D eigenvalue weighted by molar-refractivity contribution is -0.148. The van der Waals surface area contributed by atoms with Crippen LogP contribution in [0.25, 0.3) is 12.2 Å². The van der Waals surface area contributed by atoms with Crippen LogP contribution >= 0.6 is 0 Å². The van der Waals surface area contributed by atoms with Crippen LogP contribution in [0.15, 0.2) is 47.4 Å². The fourth-order valence-electron chi connectivity index (χ4n) is 2.71. The van der Waals surface area contributed by atoms with E-state index in [1.54, 1.807) is 44.2 Å². The van der Waals surface area contributed by atoms with Crippen molar-refractivity contribution in [3.05, 3.63) is 69.9 Å². The fourth-order valence-corrected chi connectivity index (χ4v) is 2.71. The zero-order chi connectivity index (χ0) is 17.7. The monoisotopic (exact) mass is 329 g/mol. The smallest absolute Gasteiger partial charge is 0.329 e. The minimum absolute atomic E-state index is 0.307. The van der Waals surface area contributed by atoms with Crippen molar-refractivity contribution in [2.24, 2.45) is 0 Å². The first-order chi connectivity index (χ1) is 11.4. The number of carboxylic acids is 1. The van der Waals surface area contributed by atoms with Gasteiger partial charge in [-0.05, 0) is 42.2 Å². The Morgan fingerprint density at radius 3 is 2.21 bits per heavy atom. The van der Waals surface area contributed by atoms with Crippen LogP contribution in [0.1, 0.15) is 37.8 Å². The molecule has 2 aromatic rings. The Morgan fingerprint density at radius 1 is 1.12 bits per heavy atom. The summed E-state index contributed by atoms with van der Waals surface area (Å²) in [4.78, 5) is 24.0. The second-order valence-electron chi connectivity index (χ2n) is 5.60. The number of hydrogen-bond donors (Lipinski definition) is 1. The van der Waals surface area contributed by atoms with Crippen LogP contribution in [0, 0.1) is 5.82 Å². The molecule has 1 aromatic carbocycles. The van der Waals surface area contributed by atoms with E-state index in [1.807, 2.05) is 0 Å². The molecule has 5 heteroatoms. The van der Waals surface area contributed by atoms with Crippen molar-refractivity contribution in [2.75, 3.05) is 0 Å². The van der Waals surface area contributed by atoms with E-state index in [2.05, 4.69) is 0 Å². The molecule has 0 aliphatic carbocycles. The van der Waals surface area contributed by atoms with Gasteiger partial charge >= 0.3 is 5.97 Å². The molecule has 0 saturated carbocycles. The molecular weight excluding hydrogens is 309 g/mol. The van der Waals surface area contributed by atoms with Gasteiger partial charge in [0.15, 0.2) is 0 Å². The number of pyridine rings is 1. The average Bonchev–Trinajstić information content (AvgIpc) is 2.57. The van der Waals surface area contributed by atoms with E-state index in [9.17, 15) is 19.1 Å². The lowest BCUT2D eigenvalue weighted by atomic mass is 9.92. The molecule has 2 rings (SSSR count). The van der Waals surface area contributed by atoms with Gasteiger partial charge in [-0.3, -0.25) is 9.36 Å². The predicted octanol–water partition coefficient (Wildman–Crippen LogP) is 3.76. The zero-order valence-electron chi connectivity index (χ0n) is 13.7. The molecule has 126 valence electrons. The van der Waals surface area contributed by atoms with Gasteiger partial charge in [0.05, 0.1) is 0 Å². The van der Waals surface area contributed by atoms with Gasteiger partial charge in [-0.25, -0.2) is 9.18 Å². The van der Waals surface area contributed by atoms with E-state index in [4.69, 9.17) is 0 Å². The molecule has 0 aliphatic rings. The number of carbonyl (C=O) groups is 1. The average molecular weight is 329 g/mol. The Morgan fingerprint density at radius 2 is 1.71 bits per heavy atom. The minimum atomic E-state index is -1.23. The van der Waals surface area contributed by atoms with Crippen LogP contribution in [0.3, 0.4) is 0 Å². The van der Waals surface area contributed by atoms with Crippen molar-refractivity contribution in [2.45, 2.75) is 32.2 Å². The van der Waals surface area contributed by atoms with Crippen molar-refractivity contribution in [3.63, 3.8) is 0 Å². The third kappa shape index (κ3) is 3.45. The van der Waals surface area contributed by atoms with Crippen molar-refractivity contribution in [1.82, 2.24) is 4.57 Å². The Labute approximate surface area is 139 Å². The molecular formula is C19H20FNO3. The van der Waals surface area contributed by atoms with Gasteiger partial charge in [-0.2, -0.15) is 0 Å². The summed E-state index contributed by atoms with van der Waals surface area (Å²) < 4.78 is 14.2. The Bertz CT molecular complexity index is 802. The second-order valence-corrected chi connectivity index (χ2v) is 5.60. The van der Waals surface area contributed by atoms with Gasteiger partial charge in [0.1, 0.15) is 11.4 Å². The first-order valence-electron chi connectivity index (χ1n) is 7.83. The van der Waals surface area contributed by atoms with Crippen LogP contribution < -0.4 is 5.56 Å². The fraction of sp³-hybridized carbons (Fsp3) is 0.263. The molecule has 1 heterocycles. The molecule has 0 radical (unpaired) electrons. The van der Waals surface area contributed by atoms with Crippen LogP contribution in [-0.2, 0) is 10.3 Å². The third-order valence-corrected chi connectivity index (χ3v) is 4.31. The summed E-state index contributed by atoms with van der Waals surface area (Å²) in [6, 6.07) is 9.10. The second kappa shape index (κ2) is 7.25. The molecule has 0 fully saturated rings. The summed E-state index contributed by atoms with van der Waals surface area (Å²) in [5.74, 6) is -1.32. The Kier molecular flexibility index (Phi) is 5.34. The van der Waals surface area contributed by atoms with Gasteiger partial charge < -0.3 is 5.11 Å². The van der Waals surface area contributed by atoms with Crippen molar-refractivity contribution in [3.8, 4) is 0 Å². The summed E-state index contributed by atoms with van der Waals surface area (Å²) in [7, 11) is 0. The maximum Gasteiger partial charge on any atom is 0.329 e. The molecule has 4 nitrogen and oxygen atoms in total. The highest BCUT2D eigenvalue weighted by Crippen LogP contribution is 2.24. The number of hydrogen-bond acceptors (Lipinski definition) is 2. The van der Waals surface area contributed by atoms with Crippen LogP contribution in [0.2, 0.25) is 0 Å².